The third-order valence-corrected chi connectivity index (χ3v) is 3.75. The number of anilines is 2. The molecule has 0 aliphatic carbocycles. The Balaban J connectivity index is 2.42. The molecule has 3 nitrogen and oxygen atoms in total. The molecule has 2 rings (SSSR count). The maximum Gasteiger partial charge on any atom is 0.259 e. The minimum atomic E-state index is -0.197. The van der Waals surface area contributed by atoms with E-state index < -0.39 is 0 Å². The van der Waals surface area contributed by atoms with Crippen LogP contribution in [0, 0.1) is 0 Å². The molecule has 0 bridgehead atoms. The summed E-state index contributed by atoms with van der Waals surface area (Å²) in [5.41, 5.74) is 2.15. The summed E-state index contributed by atoms with van der Waals surface area (Å²) in [5, 5.41) is 0.871. The first-order valence-electron chi connectivity index (χ1n) is 6.41. The second-order valence-corrected chi connectivity index (χ2v) is 5.72. The maximum atomic E-state index is 12.7. The normalized spacial score (nSPS) is 10.3. The number of hydrogen-bond donors (Lipinski definition) is 0. The SMILES string of the molecule is CN(C)c1ccccc1N(C)C(=O)c1cc(Cl)ccc1Cl. The van der Waals surface area contributed by atoms with Gasteiger partial charge in [-0.3, -0.25) is 4.79 Å². The average Bonchev–Trinajstić information content (AvgIpc) is 2.48. The van der Waals surface area contributed by atoms with Crippen LogP contribution < -0.4 is 9.80 Å². The lowest BCUT2D eigenvalue weighted by molar-refractivity contribution is 0.0993. The smallest absolute Gasteiger partial charge is 0.259 e. The van der Waals surface area contributed by atoms with Crippen molar-refractivity contribution in [1.82, 2.24) is 0 Å². The highest BCUT2D eigenvalue weighted by Crippen LogP contribution is 2.29. The monoisotopic (exact) mass is 322 g/mol. The minimum absolute atomic E-state index is 0.197. The fourth-order valence-corrected chi connectivity index (χ4v) is 2.45. The Labute approximate surface area is 134 Å². The fraction of sp³-hybridized carbons (Fsp3) is 0.188. The Kier molecular flexibility index (Phi) is 4.76. The van der Waals surface area contributed by atoms with E-state index in [9.17, 15) is 4.79 Å². The third-order valence-electron chi connectivity index (χ3n) is 3.19. The minimum Gasteiger partial charge on any atom is -0.376 e. The maximum absolute atomic E-state index is 12.7. The standard InChI is InChI=1S/C16H16Cl2N2O/c1-19(2)14-6-4-5-7-15(14)20(3)16(21)12-10-11(17)8-9-13(12)18/h4-10H,1-3H3. The van der Waals surface area contributed by atoms with Crippen molar-refractivity contribution in [2.75, 3.05) is 30.9 Å². The molecular formula is C16H16Cl2N2O. The topological polar surface area (TPSA) is 23.6 Å². The number of amides is 1. The molecule has 1 amide bonds. The number of para-hydroxylation sites is 2. The first kappa shape index (κ1) is 15.7. The molecular weight excluding hydrogens is 307 g/mol. The fourth-order valence-electron chi connectivity index (χ4n) is 2.08. The third kappa shape index (κ3) is 3.31. The van der Waals surface area contributed by atoms with Crippen LogP contribution in [0.2, 0.25) is 10.0 Å². The van der Waals surface area contributed by atoms with Crippen molar-refractivity contribution in [1.29, 1.82) is 0 Å². The van der Waals surface area contributed by atoms with E-state index in [1.54, 1.807) is 30.1 Å². The molecule has 0 N–H and O–H groups in total. The van der Waals surface area contributed by atoms with Crippen LogP contribution in [0.15, 0.2) is 42.5 Å². The van der Waals surface area contributed by atoms with E-state index in [2.05, 4.69) is 0 Å². The highest BCUT2D eigenvalue weighted by molar-refractivity contribution is 6.36. The van der Waals surface area contributed by atoms with Gasteiger partial charge in [0, 0.05) is 26.2 Å². The van der Waals surface area contributed by atoms with Crippen molar-refractivity contribution < 1.29 is 4.79 Å². The summed E-state index contributed by atoms with van der Waals surface area (Å²) in [6.07, 6.45) is 0. The van der Waals surface area contributed by atoms with Crippen molar-refractivity contribution >= 4 is 40.5 Å². The van der Waals surface area contributed by atoms with Crippen molar-refractivity contribution in [2.45, 2.75) is 0 Å². The van der Waals surface area contributed by atoms with Gasteiger partial charge in [0.05, 0.1) is 22.0 Å². The first-order valence-corrected chi connectivity index (χ1v) is 7.17. The lowest BCUT2D eigenvalue weighted by atomic mass is 10.1. The molecule has 21 heavy (non-hydrogen) atoms. The molecule has 5 heteroatoms. The van der Waals surface area contributed by atoms with Crippen molar-refractivity contribution in [3.8, 4) is 0 Å². The molecule has 0 aromatic heterocycles. The number of rotatable bonds is 3. The molecule has 110 valence electrons. The molecule has 0 fully saturated rings. The summed E-state index contributed by atoms with van der Waals surface area (Å²) in [7, 11) is 5.59. The van der Waals surface area contributed by atoms with Gasteiger partial charge in [0.2, 0.25) is 0 Å². The van der Waals surface area contributed by atoms with Crippen LogP contribution in [0.5, 0.6) is 0 Å². The Morgan fingerprint density at radius 2 is 1.57 bits per heavy atom. The highest BCUT2D eigenvalue weighted by Gasteiger charge is 2.19. The Bertz CT molecular complexity index is 671. The van der Waals surface area contributed by atoms with E-state index in [4.69, 9.17) is 23.2 Å². The molecule has 0 aliphatic rings. The van der Waals surface area contributed by atoms with E-state index in [1.807, 2.05) is 43.3 Å². The van der Waals surface area contributed by atoms with Gasteiger partial charge in [-0.15, -0.1) is 0 Å². The van der Waals surface area contributed by atoms with Crippen LogP contribution in [0.25, 0.3) is 0 Å². The van der Waals surface area contributed by atoms with Crippen LogP contribution in [0.4, 0.5) is 11.4 Å². The zero-order valence-corrected chi connectivity index (χ0v) is 13.6. The van der Waals surface area contributed by atoms with Gasteiger partial charge >= 0.3 is 0 Å². The summed E-state index contributed by atoms with van der Waals surface area (Å²) < 4.78 is 0. The number of benzene rings is 2. The van der Waals surface area contributed by atoms with Crippen LogP contribution in [0.3, 0.4) is 0 Å². The Morgan fingerprint density at radius 1 is 0.952 bits per heavy atom. The quantitative estimate of drug-likeness (QED) is 0.839. The van der Waals surface area contributed by atoms with E-state index in [-0.39, 0.29) is 5.91 Å². The molecule has 0 saturated carbocycles. The van der Waals surface area contributed by atoms with Gasteiger partial charge in [-0.2, -0.15) is 0 Å². The number of halogens is 2. The Hall–Kier alpha value is -1.71. The van der Waals surface area contributed by atoms with E-state index >= 15 is 0 Å². The molecule has 0 unspecified atom stereocenters. The average molecular weight is 323 g/mol. The van der Waals surface area contributed by atoms with Gasteiger partial charge in [-0.05, 0) is 30.3 Å². The van der Waals surface area contributed by atoms with E-state index in [0.717, 1.165) is 11.4 Å². The molecule has 0 radical (unpaired) electrons. The molecule has 0 spiro atoms. The lowest BCUT2D eigenvalue weighted by Gasteiger charge is -2.24. The van der Waals surface area contributed by atoms with Gasteiger partial charge in [-0.25, -0.2) is 0 Å². The molecule has 2 aromatic rings. The highest BCUT2D eigenvalue weighted by atomic mass is 35.5. The van der Waals surface area contributed by atoms with Crippen LogP contribution in [0.1, 0.15) is 10.4 Å². The lowest BCUT2D eigenvalue weighted by Crippen LogP contribution is -2.28. The summed E-state index contributed by atoms with van der Waals surface area (Å²) >= 11 is 12.1. The summed E-state index contributed by atoms with van der Waals surface area (Å²) in [5.74, 6) is -0.197. The molecule has 2 aromatic carbocycles. The predicted molar refractivity (Wildman–Crippen MR) is 90.0 cm³/mol. The Morgan fingerprint density at radius 3 is 2.19 bits per heavy atom. The van der Waals surface area contributed by atoms with Crippen LogP contribution in [-0.4, -0.2) is 27.1 Å². The van der Waals surface area contributed by atoms with E-state index in [1.165, 1.54) is 0 Å². The number of hydrogen-bond acceptors (Lipinski definition) is 2. The van der Waals surface area contributed by atoms with Gasteiger partial charge in [0.15, 0.2) is 0 Å². The molecule has 0 heterocycles. The summed E-state index contributed by atoms with van der Waals surface area (Å²) in [6, 6.07) is 12.6. The largest absolute Gasteiger partial charge is 0.376 e. The zero-order valence-electron chi connectivity index (χ0n) is 12.1. The molecule has 0 aliphatic heterocycles. The summed E-state index contributed by atoms with van der Waals surface area (Å²) in [4.78, 5) is 16.2. The van der Waals surface area contributed by atoms with Gasteiger partial charge in [-0.1, -0.05) is 35.3 Å². The number of nitrogens with zero attached hydrogens (tertiary/aromatic N) is 2. The number of carbonyl (C=O) groups is 1. The second kappa shape index (κ2) is 6.37. The first-order chi connectivity index (χ1) is 9.91. The van der Waals surface area contributed by atoms with Gasteiger partial charge < -0.3 is 9.80 Å². The van der Waals surface area contributed by atoms with Gasteiger partial charge in [0.1, 0.15) is 0 Å². The van der Waals surface area contributed by atoms with Crippen molar-refractivity contribution in [3.05, 3.63) is 58.1 Å². The predicted octanol–water partition coefficient (Wildman–Crippen LogP) is 4.34. The van der Waals surface area contributed by atoms with Gasteiger partial charge in [0.25, 0.3) is 5.91 Å². The zero-order chi connectivity index (χ0) is 15.6. The van der Waals surface area contributed by atoms with Crippen molar-refractivity contribution in [3.63, 3.8) is 0 Å². The molecule has 0 saturated heterocycles. The number of carbonyl (C=O) groups excluding carboxylic acids is 1. The van der Waals surface area contributed by atoms with Crippen LogP contribution in [-0.2, 0) is 0 Å². The van der Waals surface area contributed by atoms with E-state index in [0.29, 0.717) is 15.6 Å². The summed E-state index contributed by atoms with van der Waals surface area (Å²) in [6.45, 7) is 0. The van der Waals surface area contributed by atoms with Crippen LogP contribution >= 0.6 is 23.2 Å². The molecule has 0 atom stereocenters. The van der Waals surface area contributed by atoms with Crippen molar-refractivity contribution in [2.24, 2.45) is 0 Å². The second-order valence-electron chi connectivity index (χ2n) is 4.87.